The molecule has 2 aromatic heterocycles. The summed E-state index contributed by atoms with van der Waals surface area (Å²) >= 11 is 6.87. The van der Waals surface area contributed by atoms with E-state index in [-0.39, 0.29) is 6.04 Å². The molecule has 0 aromatic carbocycles. The normalized spacial score (nSPS) is 12.2. The second kappa shape index (κ2) is 5.67. The number of nitrogens with zero attached hydrogens (tertiary/aromatic N) is 1. The van der Waals surface area contributed by atoms with Crippen LogP contribution in [0.2, 0.25) is 0 Å². The van der Waals surface area contributed by atoms with E-state index in [1.807, 2.05) is 17.4 Å². The van der Waals surface area contributed by atoms with E-state index in [0.29, 0.717) is 4.99 Å². The van der Waals surface area contributed by atoms with Crippen molar-refractivity contribution in [2.24, 2.45) is 5.73 Å². The summed E-state index contributed by atoms with van der Waals surface area (Å²) in [6.45, 7) is 6.39. The zero-order chi connectivity index (χ0) is 14.0. The molecule has 100 valence electrons. The van der Waals surface area contributed by atoms with Crippen LogP contribution in [0.5, 0.6) is 0 Å². The predicted octanol–water partition coefficient (Wildman–Crippen LogP) is 3.57. The Hall–Kier alpha value is -1.46. The van der Waals surface area contributed by atoms with Crippen molar-refractivity contribution in [2.45, 2.75) is 26.8 Å². The Kier molecular flexibility index (Phi) is 4.17. The van der Waals surface area contributed by atoms with Crippen LogP contribution in [0.25, 0.3) is 0 Å². The summed E-state index contributed by atoms with van der Waals surface area (Å²) in [7, 11) is 0. The Morgan fingerprint density at radius 1 is 1.47 bits per heavy atom. The summed E-state index contributed by atoms with van der Waals surface area (Å²) in [6.07, 6.45) is 3.46. The molecule has 1 unspecified atom stereocenters. The van der Waals surface area contributed by atoms with Crippen LogP contribution in [-0.4, -0.2) is 9.97 Å². The van der Waals surface area contributed by atoms with Gasteiger partial charge in [0.1, 0.15) is 4.99 Å². The van der Waals surface area contributed by atoms with Gasteiger partial charge in [-0.3, -0.25) is 4.98 Å². The molecule has 2 heterocycles. The molecule has 0 aliphatic carbocycles. The molecule has 0 fully saturated rings. The van der Waals surface area contributed by atoms with Crippen molar-refractivity contribution >= 4 is 34.2 Å². The molecular formula is C14H17N3S2. The van der Waals surface area contributed by atoms with E-state index < -0.39 is 0 Å². The van der Waals surface area contributed by atoms with Crippen molar-refractivity contribution in [2.75, 3.05) is 5.32 Å². The number of rotatable bonds is 4. The highest BCUT2D eigenvalue weighted by Crippen LogP contribution is 2.29. The summed E-state index contributed by atoms with van der Waals surface area (Å²) < 4.78 is 0. The van der Waals surface area contributed by atoms with Crippen molar-refractivity contribution in [1.82, 2.24) is 4.98 Å². The first-order valence-electron chi connectivity index (χ1n) is 6.06. The van der Waals surface area contributed by atoms with E-state index in [4.69, 9.17) is 18.0 Å². The van der Waals surface area contributed by atoms with Crippen molar-refractivity contribution in [3.8, 4) is 0 Å². The molecule has 3 nitrogen and oxygen atoms in total. The highest BCUT2D eigenvalue weighted by Gasteiger charge is 2.13. The zero-order valence-corrected chi connectivity index (χ0v) is 12.9. The standard InChI is InChI=1S/C14H17N3S2/c1-8-6-12(10(3)19-8)9(2)17-13-7-16-5-4-11(13)14(15)18/h4-7,9,17H,1-3H3,(H2,15,18). The van der Waals surface area contributed by atoms with Gasteiger partial charge in [-0.05, 0) is 38.5 Å². The number of aromatic nitrogens is 1. The summed E-state index contributed by atoms with van der Waals surface area (Å²) in [5, 5.41) is 3.44. The molecule has 0 bridgehead atoms. The van der Waals surface area contributed by atoms with E-state index >= 15 is 0 Å². The van der Waals surface area contributed by atoms with E-state index in [0.717, 1.165) is 11.3 Å². The minimum atomic E-state index is 0.197. The highest BCUT2D eigenvalue weighted by atomic mass is 32.1. The number of thiophene rings is 1. The van der Waals surface area contributed by atoms with Gasteiger partial charge in [0.2, 0.25) is 0 Å². The molecule has 1 atom stereocenters. The van der Waals surface area contributed by atoms with Gasteiger partial charge >= 0.3 is 0 Å². The molecule has 5 heteroatoms. The molecular weight excluding hydrogens is 274 g/mol. The van der Waals surface area contributed by atoms with Crippen LogP contribution in [0.1, 0.15) is 33.8 Å². The Morgan fingerprint density at radius 2 is 2.21 bits per heavy atom. The lowest BCUT2D eigenvalue weighted by atomic mass is 10.1. The average Bonchev–Trinajstić information content (AvgIpc) is 2.69. The number of hydrogen-bond donors (Lipinski definition) is 2. The second-order valence-corrected chi connectivity index (χ2v) is 6.42. The zero-order valence-electron chi connectivity index (χ0n) is 11.2. The van der Waals surface area contributed by atoms with Crippen LogP contribution in [0.3, 0.4) is 0 Å². The van der Waals surface area contributed by atoms with Gasteiger partial charge in [-0.15, -0.1) is 11.3 Å². The van der Waals surface area contributed by atoms with Crippen LogP contribution < -0.4 is 11.1 Å². The maximum absolute atomic E-state index is 5.73. The van der Waals surface area contributed by atoms with Gasteiger partial charge in [-0.1, -0.05) is 12.2 Å². The third kappa shape index (κ3) is 3.11. The lowest BCUT2D eigenvalue weighted by Gasteiger charge is -2.17. The summed E-state index contributed by atoms with van der Waals surface area (Å²) in [6, 6.07) is 4.25. The third-order valence-corrected chi connectivity index (χ3v) is 4.21. The minimum Gasteiger partial charge on any atom is -0.389 e. The number of aryl methyl sites for hydroxylation is 2. The van der Waals surface area contributed by atoms with Crippen molar-refractivity contribution in [1.29, 1.82) is 0 Å². The number of nitrogens with two attached hydrogens (primary N) is 1. The van der Waals surface area contributed by atoms with Gasteiger partial charge in [0.05, 0.1) is 11.9 Å². The Bertz CT molecular complexity index is 604. The molecule has 0 aliphatic rings. The fourth-order valence-electron chi connectivity index (χ4n) is 2.12. The quantitative estimate of drug-likeness (QED) is 0.846. The van der Waals surface area contributed by atoms with E-state index in [1.54, 1.807) is 12.4 Å². The molecule has 2 rings (SSSR count). The van der Waals surface area contributed by atoms with Crippen molar-refractivity contribution in [3.05, 3.63) is 45.4 Å². The SMILES string of the molecule is Cc1cc(C(C)Nc2cnccc2C(N)=S)c(C)s1. The fraction of sp³-hybridized carbons (Fsp3) is 0.286. The van der Waals surface area contributed by atoms with Crippen molar-refractivity contribution in [3.63, 3.8) is 0 Å². The second-order valence-electron chi connectivity index (χ2n) is 4.52. The largest absolute Gasteiger partial charge is 0.389 e. The minimum absolute atomic E-state index is 0.197. The first-order valence-corrected chi connectivity index (χ1v) is 7.28. The molecule has 0 saturated carbocycles. The fourth-order valence-corrected chi connectivity index (χ4v) is 3.32. The summed E-state index contributed by atoms with van der Waals surface area (Å²) in [4.78, 5) is 7.16. The highest BCUT2D eigenvalue weighted by molar-refractivity contribution is 7.80. The van der Waals surface area contributed by atoms with Gasteiger partial charge in [0.15, 0.2) is 0 Å². The average molecular weight is 291 g/mol. The molecule has 0 spiro atoms. The molecule has 0 amide bonds. The topological polar surface area (TPSA) is 50.9 Å². The lowest BCUT2D eigenvalue weighted by molar-refractivity contribution is 0.879. The predicted molar refractivity (Wildman–Crippen MR) is 86.0 cm³/mol. The van der Waals surface area contributed by atoms with Crippen molar-refractivity contribution < 1.29 is 0 Å². The number of hydrogen-bond acceptors (Lipinski definition) is 4. The van der Waals surface area contributed by atoms with Gasteiger partial charge < -0.3 is 11.1 Å². The molecule has 0 saturated heterocycles. The molecule has 0 aliphatic heterocycles. The van der Waals surface area contributed by atoms with E-state index in [9.17, 15) is 0 Å². The summed E-state index contributed by atoms with van der Waals surface area (Å²) in [5.41, 5.74) is 8.75. The van der Waals surface area contributed by atoms with E-state index in [1.165, 1.54) is 15.3 Å². The van der Waals surface area contributed by atoms with Crippen LogP contribution in [0.15, 0.2) is 24.5 Å². The van der Waals surface area contributed by atoms with E-state index in [2.05, 4.69) is 37.1 Å². The maximum atomic E-state index is 5.73. The number of nitrogens with one attached hydrogen (secondary N) is 1. The van der Waals surface area contributed by atoms with Gasteiger partial charge in [0, 0.05) is 27.6 Å². The summed E-state index contributed by atoms with van der Waals surface area (Å²) in [5.74, 6) is 0. The number of pyridine rings is 1. The molecule has 19 heavy (non-hydrogen) atoms. The smallest absolute Gasteiger partial charge is 0.106 e. The third-order valence-electron chi connectivity index (χ3n) is 3.00. The molecule has 0 radical (unpaired) electrons. The monoisotopic (exact) mass is 291 g/mol. The maximum Gasteiger partial charge on any atom is 0.106 e. The molecule has 3 N–H and O–H groups in total. The number of thiocarbonyl (C=S) groups is 1. The van der Waals surface area contributed by atoms with Gasteiger partial charge in [-0.25, -0.2) is 0 Å². The van der Waals surface area contributed by atoms with Crippen LogP contribution in [0, 0.1) is 13.8 Å². The van der Waals surface area contributed by atoms with Gasteiger partial charge in [0.25, 0.3) is 0 Å². The van der Waals surface area contributed by atoms with Gasteiger partial charge in [-0.2, -0.15) is 0 Å². The number of anilines is 1. The van der Waals surface area contributed by atoms with Crippen LogP contribution in [0.4, 0.5) is 5.69 Å². The Labute approximate surface area is 122 Å². The first kappa shape index (κ1) is 14.0. The van der Waals surface area contributed by atoms with Crippen LogP contribution in [-0.2, 0) is 0 Å². The van der Waals surface area contributed by atoms with Crippen LogP contribution >= 0.6 is 23.6 Å². The lowest BCUT2D eigenvalue weighted by Crippen LogP contribution is -2.15. The Morgan fingerprint density at radius 3 is 2.79 bits per heavy atom. The first-order chi connectivity index (χ1) is 8.99. The molecule has 2 aromatic rings. The Balaban J connectivity index is 2.26.